The summed E-state index contributed by atoms with van der Waals surface area (Å²) in [6.07, 6.45) is -10.1. The highest BCUT2D eigenvalue weighted by molar-refractivity contribution is 7.66. The zero-order chi connectivity index (χ0) is 36.3. The minimum atomic E-state index is -6.06. The van der Waals surface area contributed by atoms with E-state index in [4.69, 9.17) is 30.0 Å². The molecule has 0 aliphatic carbocycles. The highest BCUT2D eigenvalue weighted by Crippen LogP contribution is 2.68. The molecule has 11 atom stereocenters. The molecule has 11 N–H and O–H groups in total. The van der Waals surface area contributed by atoms with Crippen LogP contribution in [0.2, 0.25) is 0 Å². The van der Waals surface area contributed by atoms with Crippen molar-refractivity contribution >= 4 is 57.6 Å². The van der Waals surface area contributed by atoms with Gasteiger partial charge in [0.05, 0.1) is 25.9 Å². The molecule has 6 rings (SSSR count). The standard InChI is InChI=1S/C20H27N10O17P3/c21-14-8-15(24-3-23-14)29(4-25-8)18-12(33)10(31)6(44-18)1-42-49(39,40)47-50(41,46-48(36,37)38)43-2-7-11(32)13(34)19(45-7)30-5-26-9-16(30)27-20(22)28-17(9)35/h3-7,10-13,18-19,31-34H,1-2H2,(H,39,40)(H2,21,23,24)(H2,36,37,38)(H3,22,27,28,35)/p-1/t6-,7-,10-,11-,12-,13-,18-,19-,50?/m1/s1. The molecule has 0 amide bonds. The monoisotopic (exact) mass is 771 g/mol. The summed E-state index contributed by atoms with van der Waals surface area (Å²) < 4.78 is 68.4. The maximum absolute atomic E-state index is 13.2. The van der Waals surface area contributed by atoms with Crippen LogP contribution < -0.4 is 21.9 Å². The van der Waals surface area contributed by atoms with Crippen molar-refractivity contribution in [3.05, 3.63) is 29.3 Å². The number of aliphatic hydroxyl groups excluding tert-OH is 4. The maximum Gasteiger partial charge on any atom is 0.490 e. The smallest absolute Gasteiger partial charge is 0.490 e. The molecule has 274 valence electrons. The highest BCUT2D eigenvalue weighted by Gasteiger charge is 2.49. The van der Waals surface area contributed by atoms with Gasteiger partial charge in [0.1, 0.15) is 48.5 Å². The lowest BCUT2D eigenvalue weighted by atomic mass is 10.1. The van der Waals surface area contributed by atoms with E-state index in [1.165, 1.54) is 10.9 Å². The van der Waals surface area contributed by atoms with Gasteiger partial charge in [-0.15, -0.1) is 0 Å². The first kappa shape index (κ1) is 36.5. The van der Waals surface area contributed by atoms with Crippen molar-refractivity contribution in [2.75, 3.05) is 24.7 Å². The van der Waals surface area contributed by atoms with Gasteiger partial charge in [-0.05, 0) is 0 Å². The average Bonchev–Trinajstić information content (AvgIpc) is 3.76. The second-order valence-corrected chi connectivity index (χ2v) is 15.2. The Bertz CT molecular complexity index is 2110. The van der Waals surface area contributed by atoms with Gasteiger partial charge >= 0.3 is 15.6 Å². The van der Waals surface area contributed by atoms with E-state index < -0.39 is 91.3 Å². The molecule has 0 spiro atoms. The third-order valence-electron chi connectivity index (χ3n) is 7.27. The molecule has 4 aromatic rings. The number of aromatic amines is 1. The molecule has 3 unspecified atom stereocenters. The van der Waals surface area contributed by atoms with Crippen molar-refractivity contribution in [3.63, 3.8) is 0 Å². The van der Waals surface area contributed by atoms with Crippen LogP contribution in [-0.4, -0.2) is 119 Å². The highest BCUT2D eigenvalue weighted by atomic mass is 31.3. The Morgan fingerprint density at radius 2 is 1.38 bits per heavy atom. The Morgan fingerprint density at radius 3 is 1.98 bits per heavy atom. The number of nitrogen functional groups attached to an aromatic ring is 2. The molecule has 2 saturated heterocycles. The normalized spacial score (nSPS) is 30.8. The number of phosphoric acid groups is 3. The lowest BCUT2D eigenvalue weighted by Crippen LogP contribution is -2.34. The number of aliphatic hydroxyl groups is 4. The van der Waals surface area contributed by atoms with Gasteiger partial charge in [-0.2, -0.15) is 9.29 Å². The number of aromatic nitrogens is 8. The third-order valence-corrected chi connectivity index (χ3v) is 11.5. The molecule has 4 aromatic heterocycles. The molecule has 30 heteroatoms. The number of ether oxygens (including phenoxy) is 2. The number of phosphoric ester groups is 1. The summed E-state index contributed by atoms with van der Waals surface area (Å²) >= 11 is 0. The topological polar surface area (TPSA) is 410 Å². The fourth-order valence-corrected chi connectivity index (χ4v) is 8.69. The molecule has 0 bridgehead atoms. The second-order valence-electron chi connectivity index (χ2n) is 10.6. The Kier molecular flexibility index (Phi) is 9.72. The van der Waals surface area contributed by atoms with Crippen LogP contribution in [0, 0.1) is 0 Å². The van der Waals surface area contributed by atoms with Crippen molar-refractivity contribution in [1.29, 1.82) is 0 Å². The Balaban J connectivity index is 1.12. The predicted molar refractivity (Wildman–Crippen MR) is 155 cm³/mol. The van der Waals surface area contributed by atoms with Crippen LogP contribution in [0.15, 0.2) is 23.8 Å². The number of hydrogen-bond donors (Lipinski definition) is 9. The number of hydrogen-bond acceptors (Lipinski definition) is 22. The number of anilines is 2. The van der Waals surface area contributed by atoms with E-state index in [0.29, 0.717) is 0 Å². The van der Waals surface area contributed by atoms with Crippen LogP contribution in [0.1, 0.15) is 12.5 Å². The first-order valence-electron chi connectivity index (χ1n) is 13.7. The molecule has 2 fully saturated rings. The molecule has 27 nitrogen and oxygen atoms in total. The first-order chi connectivity index (χ1) is 23.4. The van der Waals surface area contributed by atoms with Crippen molar-refractivity contribution in [2.24, 2.45) is 0 Å². The van der Waals surface area contributed by atoms with Gasteiger partial charge in [0.25, 0.3) is 13.4 Å². The molecular formula is C20H26N10O17P3-. The summed E-state index contributed by atoms with van der Waals surface area (Å²) in [5.41, 5.74) is 10.4. The van der Waals surface area contributed by atoms with Gasteiger partial charge in [0.15, 0.2) is 35.1 Å². The van der Waals surface area contributed by atoms with Crippen LogP contribution in [0.5, 0.6) is 0 Å². The molecule has 2 aliphatic heterocycles. The third kappa shape index (κ3) is 7.21. The fraction of sp³-hybridized carbons (Fsp3) is 0.500. The lowest BCUT2D eigenvalue weighted by molar-refractivity contribution is -0.212. The van der Waals surface area contributed by atoms with Crippen molar-refractivity contribution in [1.82, 2.24) is 39.0 Å². The molecule has 2 aliphatic rings. The van der Waals surface area contributed by atoms with Gasteiger partial charge in [-0.25, -0.2) is 33.4 Å². The molecular weight excluding hydrogens is 745 g/mol. The largest absolute Gasteiger partial charge is 0.756 e. The van der Waals surface area contributed by atoms with Gasteiger partial charge < -0.3 is 56.0 Å². The summed E-state index contributed by atoms with van der Waals surface area (Å²) in [5, 5.41) is 42.2. The van der Waals surface area contributed by atoms with Crippen LogP contribution in [0.25, 0.3) is 22.3 Å². The summed E-state index contributed by atoms with van der Waals surface area (Å²) in [6.45, 7) is -2.26. The minimum absolute atomic E-state index is 0.00283. The molecule has 0 saturated carbocycles. The Morgan fingerprint density at radius 1 is 0.820 bits per heavy atom. The second kappa shape index (κ2) is 13.3. The average molecular weight is 771 g/mol. The number of H-pyrrole nitrogens is 1. The van der Waals surface area contributed by atoms with Gasteiger partial charge in [-0.1, -0.05) is 0 Å². The van der Waals surface area contributed by atoms with E-state index in [-0.39, 0.29) is 34.1 Å². The van der Waals surface area contributed by atoms with Crippen LogP contribution >= 0.6 is 23.5 Å². The van der Waals surface area contributed by atoms with E-state index in [0.717, 1.165) is 17.2 Å². The van der Waals surface area contributed by atoms with Crippen LogP contribution in [0.4, 0.5) is 11.8 Å². The van der Waals surface area contributed by atoms with Crippen molar-refractivity contribution in [3.8, 4) is 0 Å². The SMILES string of the molecule is Nc1nc2c(ncn2[C@@H]2O[C@H](COP(=O)(OP(=O)([O-])O)OP(=O)(O)OC[C@H]3O[C@@H](n4cnc5c(N)ncnc54)[C@H](O)[C@@H]3O)[C@@H](O)[C@H]2O)c(=O)[nH]1. The Hall–Kier alpha value is -3.33. The Labute approximate surface area is 275 Å². The lowest BCUT2D eigenvalue weighted by Gasteiger charge is -2.26. The number of nitrogens with zero attached hydrogens (tertiary/aromatic N) is 7. The maximum atomic E-state index is 13.2. The first-order valence-corrected chi connectivity index (χ1v) is 18.2. The number of nitrogens with one attached hydrogen (secondary N) is 1. The van der Waals surface area contributed by atoms with Gasteiger partial charge in [0, 0.05) is 0 Å². The zero-order valence-electron chi connectivity index (χ0n) is 24.6. The van der Waals surface area contributed by atoms with E-state index in [2.05, 4.69) is 38.5 Å². The molecule has 6 heterocycles. The number of imidazole rings is 2. The molecule has 50 heavy (non-hydrogen) atoms. The van der Waals surface area contributed by atoms with E-state index >= 15 is 0 Å². The summed E-state index contributed by atoms with van der Waals surface area (Å²) in [5.74, 6) is -0.330. The minimum Gasteiger partial charge on any atom is -0.756 e. The van der Waals surface area contributed by atoms with Crippen molar-refractivity contribution in [2.45, 2.75) is 49.1 Å². The zero-order valence-corrected chi connectivity index (χ0v) is 27.2. The van der Waals surface area contributed by atoms with E-state index in [9.17, 15) is 53.6 Å². The molecule has 0 aromatic carbocycles. The number of nitrogens with two attached hydrogens (primary N) is 2. The van der Waals surface area contributed by atoms with Crippen LogP contribution in [0.3, 0.4) is 0 Å². The number of rotatable bonds is 12. The summed E-state index contributed by atoms with van der Waals surface area (Å²) in [7, 11) is -17.7. The van der Waals surface area contributed by atoms with Crippen molar-refractivity contribution < 1.29 is 75.9 Å². The number of fused-ring (bicyclic) bond motifs is 2. The van der Waals surface area contributed by atoms with E-state index in [1.807, 2.05) is 0 Å². The molecule has 0 radical (unpaired) electrons. The fourth-order valence-electron chi connectivity index (χ4n) is 5.05. The van der Waals surface area contributed by atoms with Gasteiger partial charge in [0.2, 0.25) is 5.95 Å². The van der Waals surface area contributed by atoms with Crippen LogP contribution in [-0.2, 0) is 40.8 Å². The summed E-state index contributed by atoms with van der Waals surface area (Å²) in [4.78, 5) is 64.7. The summed E-state index contributed by atoms with van der Waals surface area (Å²) in [6, 6.07) is 0. The quantitative estimate of drug-likeness (QED) is 0.0621. The van der Waals surface area contributed by atoms with Gasteiger partial charge in [-0.3, -0.25) is 32.5 Å². The van der Waals surface area contributed by atoms with E-state index in [1.54, 1.807) is 0 Å². The predicted octanol–water partition coefficient (Wildman–Crippen LogP) is -3.90.